The van der Waals surface area contributed by atoms with Crippen molar-refractivity contribution in [1.29, 1.82) is 0 Å². The number of carbonyl (C=O) groups excluding carboxylic acids is 5. The SMILES string of the molecule is CCOC(=O)c1sc(NC(=O)CN2CCN(CC)C(=O)C2=O)c(C(=O)OCC)c1C. The summed E-state index contributed by atoms with van der Waals surface area (Å²) in [6.45, 7) is 7.55. The fourth-order valence-corrected chi connectivity index (χ4v) is 4.05. The highest BCUT2D eigenvalue weighted by atomic mass is 32.1. The molecule has 1 fully saturated rings. The number of rotatable bonds is 8. The Kier molecular flexibility index (Phi) is 7.93. The molecule has 2 rings (SSSR count). The van der Waals surface area contributed by atoms with Crippen molar-refractivity contribution in [2.45, 2.75) is 27.7 Å². The second-order valence-electron chi connectivity index (χ2n) is 6.36. The third-order valence-corrected chi connectivity index (χ3v) is 5.64. The van der Waals surface area contributed by atoms with E-state index in [2.05, 4.69) is 5.32 Å². The Morgan fingerprint density at radius 1 is 0.967 bits per heavy atom. The van der Waals surface area contributed by atoms with E-state index in [1.54, 1.807) is 27.7 Å². The van der Waals surface area contributed by atoms with E-state index in [0.717, 1.165) is 16.2 Å². The zero-order valence-corrected chi connectivity index (χ0v) is 18.2. The molecule has 0 radical (unpaired) electrons. The minimum Gasteiger partial charge on any atom is -0.462 e. The number of anilines is 1. The number of nitrogens with zero attached hydrogens (tertiary/aromatic N) is 2. The molecule has 0 bridgehead atoms. The Labute approximate surface area is 178 Å². The van der Waals surface area contributed by atoms with E-state index in [9.17, 15) is 24.0 Å². The maximum atomic E-state index is 12.5. The maximum absolute atomic E-state index is 12.5. The Hall–Kier alpha value is -2.95. The highest BCUT2D eigenvalue weighted by molar-refractivity contribution is 7.18. The van der Waals surface area contributed by atoms with Gasteiger partial charge in [-0.05, 0) is 33.3 Å². The molecule has 11 heteroatoms. The molecule has 2 heterocycles. The van der Waals surface area contributed by atoms with Gasteiger partial charge in [0.05, 0.1) is 18.8 Å². The summed E-state index contributed by atoms with van der Waals surface area (Å²) in [4.78, 5) is 64.0. The average molecular weight is 439 g/mol. The summed E-state index contributed by atoms with van der Waals surface area (Å²) < 4.78 is 10.0. The molecule has 0 unspecified atom stereocenters. The van der Waals surface area contributed by atoms with E-state index >= 15 is 0 Å². The van der Waals surface area contributed by atoms with Crippen LogP contribution in [0.5, 0.6) is 0 Å². The van der Waals surface area contributed by atoms with E-state index in [1.807, 2.05) is 0 Å². The standard InChI is InChI=1S/C19H25N3O7S/c1-5-21-8-9-22(17(25)16(21)24)10-12(23)20-15-13(18(26)28-6-2)11(4)14(30-15)19(27)29-7-3/h5-10H2,1-4H3,(H,20,23). The third-order valence-electron chi connectivity index (χ3n) is 4.45. The Balaban J connectivity index is 2.22. The molecule has 3 amide bonds. The molecule has 1 aliphatic rings. The lowest BCUT2D eigenvalue weighted by Crippen LogP contribution is -2.55. The van der Waals surface area contributed by atoms with Crippen molar-refractivity contribution in [2.24, 2.45) is 0 Å². The predicted octanol–water partition coefficient (Wildman–Crippen LogP) is 1.04. The summed E-state index contributed by atoms with van der Waals surface area (Å²) in [7, 11) is 0. The number of piperazine rings is 1. The number of hydrogen-bond acceptors (Lipinski definition) is 8. The van der Waals surface area contributed by atoms with Gasteiger partial charge in [-0.3, -0.25) is 14.4 Å². The lowest BCUT2D eigenvalue weighted by molar-refractivity contribution is -0.156. The van der Waals surface area contributed by atoms with E-state index < -0.39 is 29.7 Å². The number of ether oxygens (including phenoxy) is 2. The van der Waals surface area contributed by atoms with Crippen LogP contribution in [0.15, 0.2) is 0 Å². The minimum atomic E-state index is -0.751. The van der Waals surface area contributed by atoms with Crippen LogP contribution >= 0.6 is 11.3 Å². The molecule has 0 aromatic carbocycles. The average Bonchev–Trinajstić information content (AvgIpc) is 3.02. The summed E-state index contributed by atoms with van der Waals surface area (Å²) in [5.74, 6) is -3.29. The molecular formula is C19H25N3O7S. The van der Waals surface area contributed by atoms with Gasteiger partial charge in [0.25, 0.3) is 0 Å². The van der Waals surface area contributed by atoms with Crippen LogP contribution in [0.25, 0.3) is 0 Å². The van der Waals surface area contributed by atoms with Crippen molar-refractivity contribution in [3.05, 3.63) is 16.0 Å². The van der Waals surface area contributed by atoms with Gasteiger partial charge >= 0.3 is 23.8 Å². The summed E-state index contributed by atoms with van der Waals surface area (Å²) in [5, 5.41) is 2.70. The lowest BCUT2D eigenvalue weighted by Gasteiger charge is -2.32. The molecule has 164 valence electrons. The van der Waals surface area contributed by atoms with Crippen molar-refractivity contribution < 1.29 is 33.4 Å². The van der Waals surface area contributed by atoms with Crippen LogP contribution < -0.4 is 5.32 Å². The van der Waals surface area contributed by atoms with Crippen LogP contribution in [0.1, 0.15) is 46.4 Å². The quantitative estimate of drug-likeness (QED) is 0.474. The zero-order valence-electron chi connectivity index (χ0n) is 17.4. The van der Waals surface area contributed by atoms with Crippen molar-refractivity contribution in [2.75, 3.05) is 44.7 Å². The number of hydrogen-bond donors (Lipinski definition) is 1. The van der Waals surface area contributed by atoms with Crippen LogP contribution in [-0.4, -0.2) is 78.9 Å². The third kappa shape index (κ3) is 4.96. The molecule has 1 aromatic heterocycles. The molecule has 1 N–H and O–H groups in total. The first-order valence-electron chi connectivity index (χ1n) is 9.60. The van der Waals surface area contributed by atoms with Crippen LogP contribution in [0.2, 0.25) is 0 Å². The van der Waals surface area contributed by atoms with Gasteiger partial charge < -0.3 is 24.6 Å². The Bertz CT molecular complexity index is 865. The minimum absolute atomic E-state index is 0.0662. The molecule has 1 aliphatic heterocycles. The zero-order chi connectivity index (χ0) is 22.4. The number of likely N-dealkylation sites (N-methyl/N-ethyl adjacent to an activating group) is 1. The first kappa shape index (κ1) is 23.3. The number of esters is 2. The van der Waals surface area contributed by atoms with Crippen LogP contribution in [-0.2, 0) is 23.9 Å². The van der Waals surface area contributed by atoms with Crippen LogP contribution in [0.4, 0.5) is 5.00 Å². The molecule has 1 saturated heterocycles. The normalized spacial score (nSPS) is 14.0. The Morgan fingerprint density at radius 3 is 2.13 bits per heavy atom. The van der Waals surface area contributed by atoms with Gasteiger partial charge in [-0.1, -0.05) is 0 Å². The molecule has 10 nitrogen and oxygen atoms in total. The molecular weight excluding hydrogens is 414 g/mol. The maximum Gasteiger partial charge on any atom is 0.348 e. The predicted molar refractivity (Wildman–Crippen MR) is 108 cm³/mol. The molecule has 0 spiro atoms. The number of carbonyl (C=O) groups is 5. The monoisotopic (exact) mass is 439 g/mol. The Morgan fingerprint density at radius 2 is 1.53 bits per heavy atom. The fraction of sp³-hybridized carbons (Fsp3) is 0.526. The first-order valence-corrected chi connectivity index (χ1v) is 10.4. The molecule has 30 heavy (non-hydrogen) atoms. The van der Waals surface area contributed by atoms with Gasteiger partial charge in [-0.2, -0.15) is 0 Å². The topological polar surface area (TPSA) is 122 Å². The van der Waals surface area contributed by atoms with Gasteiger partial charge in [-0.15, -0.1) is 11.3 Å². The highest BCUT2D eigenvalue weighted by Crippen LogP contribution is 2.34. The van der Waals surface area contributed by atoms with Crippen molar-refractivity contribution in [1.82, 2.24) is 9.80 Å². The number of thiophene rings is 1. The second-order valence-corrected chi connectivity index (χ2v) is 7.38. The lowest BCUT2D eigenvalue weighted by atomic mass is 10.1. The fourth-order valence-electron chi connectivity index (χ4n) is 2.95. The van der Waals surface area contributed by atoms with Crippen LogP contribution in [0, 0.1) is 6.92 Å². The van der Waals surface area contributed by atoms with E-state index in [0.29, 0.717) is 18.7 Å². The van der Waals surface area contributed by atoms with Crippen LogP contribution in [0.3, 0.4) is 0 Å². The summed E-state index contributed by atoms with van der Waals surface area (Å²) in [6, 6.07) is 0. The van der Waals surface area contributed by atoms with E-state index in [4.69, 9.17) is 9.47 Å². The van der Waals surface area contributed by atoms with Gasteiger partial charge in [0.2, 0.25) is 5.91 Å². The van der Waals surface area contributed by atoms with E-state index in [-0.39, 0.29) is 41.7 Å². The molecule has 0 saturated carbocycles. The summed E-state index contributed by atoms with van der Waals surface area (Å²) >= 11 is 0.898. The highest BCUT2D eigenvalue weighted by Gasteiger charge is 2.33. The second kappa shape index (κ2) is 10.2. The van der Waals surface area contributed by atoms with Gasteiger partial charge in [-0.25, -0.2) is 9.59 Å². The van der Waals surface area contributed by atoms with Crippen molar-refractivity contribution >= 4 is 46.0 Å². The van der Waals surface area contributed by atoms with Crippen molar-refractivity contribution in [3.8, 4) is 0 Å². The number of amides is 3. The first-order chi connectivity index (χ1) is 14.2. The van der Waals surface area contributed by atoms with Gasteiger partial charge in [0.15, 0.2) is 0 Å². The summed E-state index contributed by atoms with van der Waals surface area (Å²) in [6.07, 6.45) is 0. The number of nitrogens with one attached hydrogen (secondary N) is 1. The molecule has 1 aromatic rings. The van der Waals surface area contributed by atoms with Gasteiger partial charge in [0, 0.05) is 19.6 Å². The smallest absolute Gasteiger partial charge is 0.348 e. The molecule has 0 atom stereocenters. The van der Waals surface area contributed by atoms with Gasteiger partial charge in [0.1, 0.15) is 16.4 Å². The summed E-state index contributed by atoms with van der Waals surface area (Å²) in [5.41, 5.74) is 0.409. The molecule has 0 aliphatic carbocycles. The van der Waals surface area contributed by atoms with Crippen molar-refractivity contribution in [3.63, 3.8) is 0 Å². The van der Waals surface area contributed by atoms with E-state index in [1.165, 1.54) is 4.90 Å². The largest absolute Gasteiger partial charge is 0.462 e.